The standard InChI is InChI=1S/C14H15BrClFO2/c1-2-19-14(7-3-4-8-14)13(18)9-5-6-10(15)11(16)12(9)17/h5-6H,2-4,7-8H2,1H3. The van der Waals surface area contributed by atoms with Gasteiger partial charge in [0.1, 0.15) is 5.60 Å². The van der Waals surface area contributed by atoms with Gasteiger partial charge in [0, 0.05) is 11.1 Å². The van der Waals surface area contributed by atoms with E-state index in [2.05, 4.69) is 15.9 Å². The summed E-state index contributed by atoms with van der Waals surface area (Å²) in [5.74, 6) is -0.967. The average molecular weight is 350 g/mol. The summed E-state index contributed by atoms with van der Waals surface area (Å²) in [4.78, 5) is 12.6. The normalized spacial score (nSPS) is 17.7. The van der Waals surface area contributed by atoms with Crippen LogP contribution in [0.2, 0.25) is 5.02 Å². The first-order chi connectivity index (χ1) is 9.02. The molecule has 0 atom stereocenters. The number of hydrogen-bond acceptors (Lipinski definition) is 2. The van der Waals surface area contributed by atoms with E-state index in [-0.39, 0.29) is 16.4 Å². The minimum atomic E-state index is -0.868. The summed E-state index contributed by atoms with van der Waals surface area (Å²) in [6.07, 6.45) is 3.15. The number of carbonyl (C=O) groups excluding carboxylic acids is 1. The zero-order valence-electron chi connectivity index (χ0n) is 10.6. The Morgan fingerprint density at radius 3 is 2.68 bits per heavy atom. The first-order valence-corrected chi connectivity index (χ1v) is 7.51. The number of ether oxygens (including phenoxy) is 1. The molecule has 0 unspecified atom stereocenters. The third kappa shape index (κ3) is 2.71. The Morgan fingerprint density at radius 2 is 2.11 bits per heavy atom. The number of rotatable bonds is 4. The van der Waals surface area contributed by atoms with Crippen molar-refractivity contribution in [1.29, 1.82) is 0 Å². The van der Waals surface area contributed by atoms with E-state index in [0.29, 0.717) is 23.9 Å². The molecule has 0 radical (unpaired) electrons. The number of carbonyl (C=O) groups is 1. The predicted octanol–water partition coefficient (Wildman–Crippen LogP) is 4.77. The van der Waals surface area contributed by atoms with E-state index in [1.807, 2.05) is 6.92 Å². The number of Topliss-reactive ketones (excluding diaryl/α,β-unsaturated/α-hetero) is 1. The zero-order chi connectivity index (χ0) is 14.0. The fraction of sp³-hybridized carbons (Fsp3) is 0.500. The van der Waals surface area contributed by atoms with Crippen molar-refractivity contribution in [1.82, 2.24) is 0 Å². The number of benzene rings is 1. The van der Waals surface area contributed by atoms with Gasteiger partial charge in [-0.3, -0.25) is 4.79 Å². The lowest BCUT2D eigenvalue weighted by molar-refractivity contribution is -0.0166. The Kier molecular flexibility index (Phi) is 4.64. The maximum absolute atomic E-state index is 14.1. The van der Waals surface area contributed by atoms with Gasteiger partial charge in [0.15, 0.2) is 11.6 Å². The summed E-state index contributed by atoms with van der Waals surface area (Å²) in [5.41, 5.74) is -0.851. The van der Waals surface area contributed by atoms with Crippen molar-refractivity contribution in [3.8, 4) is 0 Å². The summed E-state index contributed by atoms with van der Waals surface area (Å²) < 4.78 is 20.2. The second-order valence-corrected chi connectivity index (χ2v) is 5.92. The highest BCUT2D eigenvalue weighted by Gasteiger charge is 2.43. The van der Waals surface area contributed by atoms with Crippen molar-refractivity contribution >= 4 is 33.3 Å². The van der Waals surface area contributed by atoms with Crippen LogP contribution in [0.15, 0.2) is 16.6 Å². The second kappa shape index (κ2) is 5.90. The van der Waals surface area contributed by atoms with Gasteiger partial charge in [-0.1, -0.05) is 11.6 Å². The summed E-state index contributed by atoms with van der Waals surface area (Å²) in [7, 11) is 0. The smallest absolute Gasteiger partial charge is 0.197 e. The Balaban J connectivity index is 2.40. The average Bonchev–Trinajstić information content (AvgIpc) is 2.86. The van der Waals surface area contributed by atoms with E-state index < -0.39 is 11.4 Å². The lowest BCUT2D eigenvalue weighted by atomic mass is 9.90. The largest absolute Gasteiger partial charge is 0.367 e. The van der Waals surface area contributed by atoms with Gasteiger partial charge < -0.3 is 4.74 Å². The molecule has 0 N–H and O–H groups in total. The van der Waals surface area contributed by atoms with Crippen LogP contribution in [0.25, 0.3) is 0 Å². The van der Waals surface area contributed by atoms with Crippen LogP contribution < -0.4 is 0 Å². The third-order valence-electron chi connectivity index (χ3n) is 3.53. The molecule has 2 rings (SSSR count). The molecule has 19 heavy (non-hydrogen) atoms. The first kappa shape index (κ1) is 14.9. The monoisotopic (exact) mass is 348 g/mol. The maximum atomic E-state index is 14.1. The molecule has 104 valence electrons. The van der Waals surface area contributed by atoms with Crippen molar-refractivity contribution in [3.05, 3.63) is 33.0 Å². The van der Waals surface area contributed by atoms with E-state index in [1.54, 1.807) is 6.07 Å². The van der Waals surface area contributed by atoms with Crippen LogP contribution >= 0.6 is 27.5 Å². The minimum Gasteiger partial charge on any atom is -0.367 e. The predicted molar refractivity (Wildman–Crippen MR) is 76.3 cm³/mol. The van der Waals surface area contributed by atoms with Gasteiger partial charge in [-0.25, -0.2) is 4.39 Å². The Labute approximate surface area is 125 Å². The van der Waals surface area contributed by atoms with Crippen molar-refractivity contribution in [2.45, 2.75) is 38.2 Å². The molecule has 0 heterocycles. The molecule has 0 aliphatic heterocycles. The molecule has 1 aromatic carbocycles. The summed E-state index contributed by atoms with van der Waals surface area (Å²) in [6, 6.07) is 3.06. The Morgan fingerprint density at radius 1 is 1.47 bits per heavy atom. The van der Waals surface area contributed by atoms with E-state index >= 15 is 0 Å². The van der Waals surface area contributed by atoms with Gasteiger partial charge >= 0.3 is 0 Å². The fourth-order valence-corrected chi connectivity index (χ4v) is 3.08. The molecule has 1 aromatic rings. The molecule has 1 saturated carbocycles. The van der Waals surface area contributed by atoms with Crippen LogP contribution in [0.1, 0.15) is 43.0 Å². The number of hydrogen-bond donors (Lipinski definition) is 0. The van der Waals surface area contributed by atoms with Crippen molar-refractivity contribution in [3.63, 3.8) is 0 Å². The quantitative estimate of drug-likeness (QED) is 0.578. The molecule has 0 amide bonds. The van der Waals surface area contributed by atoms with Crippen LogP contribution in [-0.4, -0.2) is 18.0 Å². The lowest BCUT2D eigenvalue weighted by Gasteiger charge is -2.27. The SMILES string of the molecule is CCOC1(C(=O)c2ccc(Br)c(Cl)c2F)CCCC1. The van der Waals surface area contributed by atoms with E-state index in [0.717, 1.165) is 12.8 Å². The molecule has 1 aliphatic rings. The van der Waals surface area contributed by atoms with E-state index in [1.165, 1.54) is 6.07 Å². The summed E-state index contributed by atoms with van der Waals surface area (Å²) >= 11 is 8.98. The minimum absolute atomic E-state index is 0.0172. The molecule has 1 aliphatic carbocycles. The van der Waals surface area contributed by atoms with E-state index in [9.17, 15) is 9.18 Å². The van der Waals surface area contributed by atoms with Crippen molar-refractivity contribution < 1.29 is 13.9 Å². The van der Waals surface area contributed by atoms with Gasteiger partial charge in [-0.2, -0.15) is 0 Å². The molecular weight excluding hydrogens is 335 g/mol. The summed E-state index contributed by atoms with van der Waals surface area (Å²) in [6.45, 7) is 2.29. The fourth-order valence-electron chi connectivity index (χ4n) is 2.61. The molecular formula is C14H15BrClFO2. The van der Waals surface area contributed by atoms with Crippen LogP contribution in [0.3, 0.4) is 0 Å². The molecule has 0 bridgehead atoms. The van der Waals surface area contributed by atoms with Crippen LogP contribution in [0.5, 0.6) is 0 Å². The third-order valence-corrected chi connectivity index (χ3v) is 4.78. The van der Waals surface area contributed by atoms with Crippen LogP contribution in [-0.2, 0) is 4.74 Å². The number of halogens is 3. The van der Waals surface area contributed by atoms with E-state index in [4.69, 9.17) is 16.3 Å². The first-order valence-electron chi connectivity index (χ1n) is 6.34. The molecule has 5 heteroatoms. The van der Waals surface area contributed by atoms with Gasteiger partial charge in [0.2, 0.25) is 0 Å². The highest BCUT2D eigenvalue weighted by molar-refractivity contribution is 9.10. The Bertz CT molecular complexity index is 498. The molecule has 2 nitrogen and oxygen atoms in total. The Hall–Kier alpha value is -0.450. The van der Waals surface area contributed by atoms with Crippen LogP contribution in [0.4, 0.5) is 4.39 Å². The maximum Gasteiger partial charge on any atom is 0.197 e. The summed E-state index contributed by atoms with van der Waals surface area (Å²) in [5, 5.41) is -0.0597. The van der Waals surface area contributed by atoms with Crippen molar-refractivity contribution in [2.75, 3.05) is 6.61 Å². The highest BCUT2D eigenvalue weighted by Crippen LogP contribution is 2.38. The molecule has 0 saturated heterocycles. The van der Waals surface area contributed by atoms with Gasteiger partial charge in [-0.05, 0) is 60.7 Å². The van der Waals surface area contributed by atoms with Crippen LogP contribution in [0, 0.1) is 5.82 Å². The number of ketones is 1. The van der Waals surface area contributed by atoms with Gasteiger partial charge in [0.25, 0.3) is 0 Å². The topological polar surface area (TPSA) is 26.3 Å². The zero-order valence-corrected chi connectivity index (χ0v) is 13.0. The molecule has 1 fully saturated rings. The lowest BCUT2D eigenvalue weighted by Crippen LogP contribution is -2.39. The highest BCUT2D eigenvalue weighted by atomic mass is 79.9. The second-order valence-electron chi connectivity index (χ2n) is 4.69. The van der Waals surface area contributed by atoms with Crippen molar-refractivity contribution in [2.24, 2.45) is 0 Å². The molecule has 0 spiro atoms. The van der Waals surface area contributed by atoms with Gasteiger partial charge in [0.05, 0.1) is 10.6 Å². The van der Waals surface area contributed by atoms with Gasteiger partial charge in [-0.15, -0.1) is 0 Å². The molecule has 0 aromatic heterocycles.